The van der Waals surface area contributed by atoms with Crippen LogP contribution in [-0.4, -0.2) is 44.7 Å². The van der Waals surface area contributed by atoms with Crippen molar-refractivity contribution >= 4 is 13.1 Å². The molecule has 2 rings (SSSR count). The summed E-state index contributed by atoms with van der Waals surface area (Å²) in [6, 6.07) is 7.71. The van der Waals surface area contributed by atoms with Crippen LogP contribution in [0.25, 0.3) is 0 Å². The number of hydrogen-bond donors (Lipinski definition) is 2. The molecule has 7 nitrogen and oxygen atoms in total. The second-order valence-electron chi connectivity index (χ2n) is 4.98. The molecule has 0 fully saturated rings. The molecule has 1 aromatic carbocycles. The SMILES string of the molecule is CCOC(=O)c1cn(C(Cc2cccc(C)c2)B(O)O)nn1. The zero-order chi connectivity index (χ0) is 16.1. The molecule has 1 atom stereocenters. The van der Waals surface area contributed by atoms with Crippen LogP contribution in [0.5, 0.6) is 0 Å². The Bertz CT molecular complexity index is 645. The smallest absolute Gasteiger partial charge is 0.461 e. The molecule has 2 N–H and O–H groups in total. The average Bonchev–Trinajstić information content (AvgIpc) is 2.94. The zero-order valence-electron chi connectivity index (χ0n) is 12.5. The van der Waals surface area contributed by atoms with Crippen molar-refractivity contribution in [2.24, 2.45) is 0 Å². The van der Waals surface area contributed by atoms with Crippen molar-refractivity contribution in [3.63, 3.8) is 0 Å². The maximum atomic E-state index is 11.6. The summed E-state index contributed by atoms with van der Waals surface area (Å²) in [4.78, 5) is 11.6. The van der Waals surface area contributed by atoms with Crippen LogP contribution in [0.4, 0.5) is 0 Å². The van der Waals surface area contributed by atoms with Crippen LogP contribution in [0.1, 0.15) is 34.5 Å². The molecule has 0 amide bonds. The zero-order valence-corrected chi connectivity index (χ0v) is 12.5. The minimum Gasteiger partial charge on any atom is -0.461 e. The number of carbonyl (C=O) groups is 1. The summed E-state index contributed by atoms with van der Waals surface area (Å²) in [5, 5.41) is 26.7. The van der Waals surface area contributed by atoms with Gasteiger partial charge in [-0.25, -0.2) is 4.79 Å². The first-order valence-electron chi connectivity index (χ1n) is 7.02. The van der Waals surface area contributed by atoms with Crippen molar-refractivity contribution < 1.29 is 19.6 Å². The highest BCUT2D eigenvalue weighted by atomic mass is 16.5. The maximum Gasteiger partial charge on any atom is 0.478 e. The van der Waals surface area contributed by atoms with E-state index in [1.165, 1.54) is 10.9 Å². The molecule has 2 aromatic rings. The van der Waals surface area contributed by atoms with Gasteiger partial charge in [-0.15, -0.1) is 5.10 Å². The van der Waals surface area contributed by atoms with E-state index in [9.17, 15) is 14.8 Å². The Morgan fingerprint density at radius 1 is 1.45 bits per heavy atom. The van der Waals surface area contributed by atoms with Crippen LogP contribution >= 0.6 is 0 Å². The molecule has 1 heterocycles. The predicted octanol–water partition coefficient (Wildman–Crippen LogP) is 0.559. The normalized spacial score (nSPS) is 12.0. The van der Waals surface area contributed by atoms with Crippen molar-refractivity contribution in [2.45, 2.75) is 26.2 Å². The quantitative estimate of drug-likeness (QED) is 0.598. The molecule has 116 valence electrons. The van der Waals surface area contributed by atoms with Crippen LogP contribution in [0.3, 0.4) is 0 Å². The third-order valence-electron chi connectivity index (χ3n) is 3.21. The summed E-state index contributed by atoms with van der Waals surface area (Å²) in [6.07, 6.45) is 1.71. The Morgan fingerprint density at radius 2 is 2.23 bits per heavy atom. The van der Waals surface area contributed by atoms with Crippen LogP contribution in [0.15, 0.2) is 30.5 Å². The van der Waals surface area contributed by atoms with Crippen molar-refractivity contribution in [3.05, 3.63) is 47.3 Å². The van der Waals surface area contributed by atoms with Gasteiger partial charge in [-0.3, -0.25) is 4.68 Å². The first kappa shape index (κ1) is 16.2. The van der Waals surface area contributed by atoms with E-state index >= 15 is 0 Å². The van der Waals surface area contributed by atoms with E-state index < -0.39 is 19.0 Å². The summed E-state index contributed by atoms with van der Waals surface area (Å²) in [7, 11) is -1.63. The lowest BCUT2D eigenvalue weighted by Crippen LogP contribution is -2.31. The Morgan fingerprint density at radius 3 is 2.86 bits per heavy atom. The van der Waals surface area contributed by atoms with Crippen LogP contribution in [0.2, 0.25) is 0 Å². The molecule has 0 aliphatic heterocycles. The summed E-state index contributed by atoms with van der Waals surface area (Å²) in [6.45, 7) is 3.89. The van der Waals surface area contributed by atoms with Crippen LogP contribution in [0, 0.1) is 6.92 Å². The lowest BCUT2D eigenvalue weighted by Gasteiger charge is -2.16. The molecule has 8 heteroatoms. The Balaban J connectivity index is 2.19. The molecule has 1 unspecified atom stereocenters. The molecule has 0 aliphatic carbocycles. The van der Waals surface area contributed by atoms with Gasteiger partial charge in [0.15, 0.2) is 5.69 Å². The Kier molecular flexibility index (Phi) is 5.29. The van der Waals surface area contributed by atoms with Gasteiger partial charge in [0.05, 0.1) is 18.7 Å². The number of aryl methyl sites for hydroxylation is 1. The van der Waals surface area contributed by atoms with E-state index in [-0.39, 0.29) is 12.3 Å². The third-order valence-corrected chi connectivity index (χ3v) is 3.21. The van der Waals surface area contributed by atoms with Gasteiger partial charge in [0, 0.05) is 0 Å². The lowest BCUT2D eigenvalue weighted by atomic mass is 9.76. The van der Waals surface area contributed by atoms with Crippen molar-refractivity contribution in [3.8, 4) is 0 Å². The fourth-order valence-electron chi connectivity index (χ4n) is 2.15. The third kappa shape index (κ3) is 3.93. The number of aromatic nitrogens is 3. The molecule has 0 spiro atoms. The largest absolute Gasteiger partial charge is 0.478 e. The number of rotatable bonds is 6. The molecular formula is C14H18BN3O4. The molecule has 0 bridgehead atoms. The van der Waals surface area contributed by atoms with Gasteiger partial charge in [-0.05, 0) is 25.8 Å². The van der Waals surface area contributed by atoms with Gasteiger partial charge >= 0.3 is 13.1 Å². The van der Waals surface area contributed by atoms with E-state index in [1.807, 2.05) is 31.2 Å². The summed E-state index contributed by atoms with van der Waals surface area (Å²) < 4.78 is 6.11. The number of esters is 1. The van der Waals surface area contributed by atoms with Gasteiger partial charge < -0.3 is 14.8 Å². The van der Waals surface area contributed by atoms with E-state index in [0.29, 0.717) is 6.42 Å². The molecule has 0 saturated heterocycles. The maximum absolute atomic E-state index is 11.6. The van der Waals surface area contributed by atoms with Crippen LogP contribution < -0.4 is 0 Å². The van der Waals surface area contributed by atoms with Crippen molar-refractivity contribution in [1.29, 1.82) is 0 Å². The second-order valence-corrected chi connectivity index (χ2v) is 4.98. The first-order valence-corrected chi connectivity index (χ1v) is 7.02. The number of ether oxygens (including phenoxy) is 1. The Hall–Kier alpha value is -2.19. The highest BCUT2D eigenvalue weighted by Gasteiger charge is 2.28. The minimum atomic E-state index is -1.63. The first-order chi connectivity index (χ1) is 10.5. The van der Waals surface area contributed by atoms with Crippen LogP contribution in [-0.2, 0) is 11.2 Å². The van der Waals surface area contributed by atoms with E-state index in [0.717, 1.165) is 11.1 Å². The number of hydrogen-bond acceptors (Lipinski definition) is 6. The van der Waals surface area contributed by atoms with Gasteiger partial charge in [0.2, 0.25) is 0 Å². The van der Waals surface area contributed by atoms with Gasteiger partial charge in [-0.1, -0.05) is 35.0 Å². The van der Waals surface area contributed by atoms with Crippen molar-refractivity contribution in [2.75, 3.05) is 6.61 Å². The molecule has 0 saturated carbocycles. The topological polar surface area (TPSA) is 97.5 Å². The fourth-order valence-corrected chi connectivity index (χ4v) is 2.15. The average molecular weight is 303 g/mol. The summed E-state index contributed by atoms with van der Waals surface area (Å²) >= 11 is 0. The number of nitrogens with zero attached hydrogens (tertiary/aromatic N) is 3. The molecule has 1 aromatic heterocycles. The van der Waals surface area contributed by atoms with Crippen molar-refractivity contribution in [1.82, 2.24) is 15.0 Å². The monoisotopic (exact) mass is 303 g/mol. The highest BCUT2D eigenvalue weighted by Crippen LogP contribution is 2.16. The minimum absolute atomic E-state index is 0.0387. The Labute approximate surface area is 128 Å². The highest BCUT2D eigenvalue weighted by molar-refractivity contribution is 6.42. The molecular weight excluding hydrogens is 285 g/mol. The standard InChI is InChI=1S/C14H18BN3O4/c1-3-22-14(19)12-9-18(17-16-12)13(15(20)21)8-11-6-4-5-10(2)7-11/h4-7,9,13,20-21H,3,8H2,1-2H3. The molecule has 0 aliphatic rings. The predicted molar refractivity (Wildman–Crippen MR) is 80.1 cm³/mol. The van der Waals surface area contributed by atoms with E-state index in [1.54, 1.807) is 6.92 Å². The van der Waals surface area contributed by atoms with Gasteiger partial charge in [0.1, 0.15) is 0 Å². The lowest BCUT2D eigenvalue weighted by molar-refractivity contribution is 0.0519. The fraction of sp³-hybridized carbons (Fsp3) is 0.357. The second kappa shape index (κ2) is 7.19. The van der Waals surface area contributed by atoms with Gasteiger partial charge in [0.25, 0.3) is 0 Å². The number of benzene rings is 1. The summed E-state index contributed by atoms with van der Waals surface area (Å²) in [5.41, 5.74) is 2.05. The summed E-state index contributed by atoms with van der Waals surface area (Å²) in [5.74, 6) is -1.33. The molecule has 22 heavy (non-hydrogen) atoms. The van der Waals surface area contributed by atoms with E-state index in [2.05, 4.69) is 10.3 Å². The number of carbonyl (C=O) groups excluding carboxylic acids is 1. The molecule has 0 radical (unpaired) electrons. The van der Waals surface area contributed by atoms with E-state index in [4.69, 9.17) is 4.74 Å². The van der Waals surface area contributed by atoms with Gasteiger partial charge in [-0.2, -0.15) is 0 Å².